The van der Waals surface area contributed by atoms with Crippen LogP contribution in [0.25, 0.3) is 0 Å². The highest BCUT2D eigenvalue weighted by Crippen LogP contribution is 2.43. The number of H-pyrrole nitrogens is 1. The number of halogens is 1. The second kappa shape index (κ2) is 9.52. The molecule has 1 aliphatic heterocycles. The smallest absolute Gasteiger partial charge is 0.329 e. The van der Waals surface area contributed by atoms with Crippen LogP contribution in [0.5, 0.6) is 0 Å². The maximum atomic E-state index is 15.0. The molecule has 1 aliphatic rings. The van der Waals surface area contributed by atoms with Gasteiger partial charge in [0.05, 0.1) is 11.9 Å². The molecule has 5 nitrogen and oxygen atoms in total. The number of thioether (sulfide) groups is 1. The number of hydrogen-bond acceptors (Lipinski definition) is 4. The Hall–Kier alpha value is -2.68. The fourth-order valence-electron chi connectivity index (χ4n) is 4.54. The zero-order chi connectivity index (χ0) is 24.5. The van der Waals surface area contributed by atoms with Gasteiger partial charge in [-0.25, -0.2) is 9.18 Å². The summed E-state index contributed by atoms with van der Waals surface area (Å²) in [6.45, 7) is 8.49. The summed E-state index contributed by atoms with van der Waals surface area (Å²) in [4.78, 5) is 26.3. The Labute approximate surface area is 203 Å². The van der Waals surface area contributed by atoms with Crippen molar-refractivity contribution < 1.29 is 8.82 Å². The molecule has 34 heavy (non-hydrogen) atoms. The van der Waals surface area contributed by atoms with Gasteiger partial charge in [-0.3, -0.25) is 14.3 Å². The molecule has 3 aromatic rings. The van der Waals surface area contributed by atoms with Crippen LogP contribution in [-0.4, -0.2) is 29.7 Å². The van der Waals surface area contributed by atoms with Crippen LogP contribution in [0.4, 0.5) is 4.39 Å². The number of aromatic amines is 1. The third-order valence-corrected chi connectivity index (χ3v) is 12.5. The first-order valence-electron chi connectivity index (χ1n) is 11.2. The molecule has 178 valence electrons. The summed E-state index contributed by atoms with van der Waals surface area (Å²) < 4.78 is 23.1. The first-order valence-corrected chi connectivity index (χ1v) is 14.1. The van der Waals surface area contributed by atoms with E-state index < -0.39 is 30.8 Å². The van der Waals surface area contributed by atoms with Crippen LogP contribution < -0.4 is 21.6 Å². The maximum absolute atomic E-state index is 15.0. The molecule has 0 fully saturated rings. The zero-order valence-electron chi connectivity index (χ0n) is 19.7. The van der Waals surface area contributed by atoms with Crippen molar-refractivity contribution in [3.05, 3.63) is 105 Å². The fraction of sp³-hybridized carbons (Fsp3) is 0.308. The van der Waals surface area contributed by atoms with Gasteiger partial charge in [0.1, 0.15) is 11.2 Å². The molecule has 8 heteroatoms. The first-order chi connectivity index (χ1) is 16.1. The van der Waals surface area contributed by atoms with Crippen molar-refractivity contribution in [2.24, 2.45) is 0 Å². The second-order valence-corrected chi connectivity index (χ2v) is 15.2. The summed E-state index contributed by atoms with van der Waals surface area (Å²) in [5.74, 6) is -0.408. The van der Waals surface area contributed by atoms with Crippen molar-refractivity contribution in [3.8, 4) is 0 Å². The molecular formula is C26H29FN2O3SSi. The number of nitrogens with zero attached hydrogens (tertiary/aromatic N) is 1. The predicted octanol–water partition coefficient (Wildman–Crippen LogP) is 3.89. The van der Waals surface area contributed by atoms with Gasteiger partial charge in [-0.2, -0.15) is 0 Å². The van der Waals surface area contributed by atoms with E-state index in [0.29, 0.717) is 12.2 Å². The summed E-state index contributed by atoms with van der Waals surface area (Å²) in [7, 11) is -2.75. The predicted molar refractivity (Wildman–Crippen MR) is 139 cm³/mol. The van der Waals surface area contributed by atoms with Gasteiger partial charge >= 0.3 is 5.69 Å². The molecule has 0 aliphatic carbocycles. The maximum Gasteiger partial charge on any atom is 0.329 e. The Kier molecular flexibility index (Phi) is 6.84. The Morgan fingerprint density at radius 1 is 1.03 bits per heavy atom. The van der Waals surface area contributed by atoms with Gasteiger partial charge in [-0.1, -0.05) is 81.4 Å². The minimum absolute atomic E-state index is 0.187. The van der Waals surface area contributed by atoms with E-state index in [4.69, 9.17) is 4.43 Å². The molecule has 1 N–H and O–H groups in total. The Morgan fingerprint density at radius 2 is 1.59 bits per heavy atom. The molecule has 0 amide bonds. The highest BCUT2D eigenvalue weighted by atomic mass is 32.2. The van der Waals surface area contributed by atoms with Crippen LogP contribution >= 0.6 is 11.8 Å². The van der Waals surface area contributed by atoms with E-state index in [2.05, 4.69) is 50.0 Å². The second-order valence-electron chi connectivity index (χ2n) is 9.53. The molecule has 0 radical (unpaired) electrons. The van der Waals surface area contributed by atoms with Crippen molar-refractivity contribution in [2.75, 3.05) is 6.61 Å². The SMILES string of the molecule is Cc1cn([C@@H]2S[C@H](CO[Si](c3ccccc3)(c3ccccc3)C(C)(C)C)C=C2F)c(=O)[nH]c1=O. The van der Waals surface area contributed by atoms with Crippen LogP contribution in [0, 0.1) is 6.92 Å². The molecule has 1 aromatic heterocycles. The van der Waals surface area contributed by atoms with E-state index in [0.717, 1.165) is 10.4 Å². The third kappa shape index (κ3) is 4.49. The van der Waals surface area contributed by atoms with Crippen LogP contribution in [0.3, 0.4) is 0 Å². The molecule has 0 spiro atoms. The van der Waals surface area contributed by atoms with Gasteiger partial charge in [-0.15, -0.1) is 11.8 Å². The largest absolute Gasteiger partial charge is 0.406 e. The van der Waals surface area contributed by atoms with Crippen LogP contribution in [0.1, 0.15) is 31.7 Å². The van der Waals surface area contributed by atoms with E-state index in [1.54, 1.807) is 6.92 Å². The van der Waals surface area contributed by atoms with Crippen molar-refractivity contribution in [1.29, 1.82) is 0 Å². The zero-order valence-corrected chi connectivity index (χ0v) is 21.6. The van der Waals surface area contributed by atoms with E-state index in [1.165, 1.54) is 28.6 Å². The Morgan fingerprint density at radius 3 is 2.12 bits per heavy atom. The molecule has 4 rings (SSSR count). The lowest BCUT2D eigenvalue weighted by Crippen LogP contribution is -2.67. The minimum atomic E-state index is -2.75. The number of aromatic nitrogens is 2. The number of hydrogen-bond donors (Lipinski definition) is 1. The topological polar surface area (TPSA) is 64.1 Å². The monoisotopic (exact) mass is 496 g/mol. The van der Waals surface area contributed by atoms with E-state index >= 15 is 0 Å². The van der Waals surface area contributed by atoms with Gasteiger partial charge < -0.3 is 4.43 Å². The summed E-state index contributed by atoms with van der Waals surface area (Å²) in [5.41, 5.74) is -0.717. The third-order valence-electron chi connectivity index (χ3n) is 6.16. The fourth-order valence-corrected chi connectivity index (χ4v) is 10.4. The molecule has 0 bridgehead atoms. The van der Waals surface area contributed by atoms with E-state index in [-0.39, 0.29) is 10.3 Å². The van der Waals surface area contributed by atoms with Crippen molar-refractivity contribution >= 4 is 30.5 Å². The van der Waals surface area contributed by atoms with E-state index in [1.807, 2.05) is 36.4 Å². The van der Waals surface area contributed by atoms with Gasteiger partial charge in [0, 0.05) is 11.8 Å². The number of rotatable bonds is 6. The first kappa shape index (κ1) is 24.4. The lowest BCUT2D eigenvalue weighted by Gasteiger charge is -2.43. The molecule has 2 heterocycles. The Balaban J connectivity index is 1.67. The summed E-state index contributed by atoms with van der Waals surface area (Å²) >= 11 is 1.31. The summed E-state index contributed by atoms with van der Waals surface area (Å²) in [6.07, 6.45) is 2.94. The van der Waals surface area contributed by atoms with Crippen LogP contribution in [-0.2, 0) is 4.43 Å². The van der Waals surface area contributed by atoms with Gasteiger partial charge in [-0.05, 0) is 28.4 Å². The Bertz CT molecular complexity index is 1260. The van der Waals surface area contributed by atoms with Gasteiger partial charge in [0.2, 0.25) is 0 Å². The molecule has 0 saturated heterocycles. The quantitative estimate of drug-likeness (QED) is 0.526. The lowest BCUT2D eigenvalue weighted by atomic mass is 10.2. The average Bonchev–Trinajstić information content (AvgIpc) is 3.17. The molecule has 0 saturated carbocycles. The van der Waals surface area contributed by atoms with Crippen molar-refractivity contribution in [2.45, 2.75) is 43.4 Å². The minimum Gasteiger partial charge on any atom is -0.406 e. The highest BCUT2D eigenvalue weighted by Gasteiger charge is 2.50. The van der Waals surface area contributed by atoms with E-state index in [9.17, 15) is 14.0 Å². The van der Waals surface area contributed by atoms with Crippen molar-refractivity contribution in [1.82, 2.24) is 9.55 Å². The molecule has 2 aromatic carbocycles. The average molecular weight is 497 g/mol. The van der Waals surface area contributed by atoms with Crippen molar-refractivity contribution in [3.63, 3.8) is 0 Å². The lowest BCUT2D eigenvalue weighted by molar-refractivity contribution is 0.308. The van der Waals surface area contributed by atoms with Gasteiger partial charge in [0.15, 0.2) is 0 Å². The molecule has 2 atom stereocenters. The van der Waals surface area contributed by atoms with Crippen LogP contribution in [0.2, 0.25) is 5.04 Å². The highest BCUT2D eigenvalue weighted by molar-refractivity contribution is 8.00. The number of benzene rings is 2. The molecule has 0 unspecified atom stereocenters. The number of aryl methyl sites for hydroxylation is 1. The summed E-state index contributed by atoms with van der Waals surface area (Å²) in [6, 6.07) is 20.6. The van der Waals surface area contributed by atoms with Gasteiger partial charge in [0.25, 0.3) is 13.9 Å². The standard InChI is InChI=1S/C26H29FN2O3SSi/c1-18-16-29(25(31)28-23(18)30)24-22(27)15-19(33-24)17-32-34(26(2,3)4,20-11-7-5-8-12-20)21-13-9-6-10-14-21/h5-16,19,24H,17H2,1-4H3,(H,28,30,31)/t19-,24+/m0/s1. The summed E-state index contributed by atoms with van der Waals surface area (Å²) in [5, 5.41) is 1.03. The molecular weight excluding hydrogens is 467 g/mol. The number of nitrogens with one attached hydrogen (secondary N) is 1. The van der Waals surface area contributed by atoms with Crippen LogP contribution in [0.15, 0.2) is 88.4 Å². The normalized spacial score (nSPS) is 18.7.